The number of ether oxygens (including phenoxy) is 1. The minimum atomic E-state index is -0.349. The Labute approximate surface area is 123 Å². The highest BCUT2D eigenvalue weighted by atomic mass is 35.5. The van der Waals surface area contributed by atoms with E-state index in [1.165, 1.54) is 0 Å². The number of halogens is 1. The maximum atomic E-state index is 12.4. The summed E-state index contributed by atoms with van der Waals surface area (Å²) in [6.07, 6.45) is 2.91. The third-order valence-electron chi connectivity index (χ3n) is 3.98. The molecule has 0 aromatic rings. The molecule has 0 bridgehead atoms. The topological polar surface area (TPSA) is 55.6 Å². The zero-order valence-corrected chi connectivity index (χ0v) is 13.2. The van der Waals surface area contributed by atoms with Crippen LogP contribution in [0.5, 0.6) is 0 Å². The van der Waals surface area contributed by atoms with Crippen molar-refractivity contribution in [3.63, 3.8) is 0 Å². The Morgan fingerprint density at radius 3 is 2.42 bits per heavy atom. The fourth-order valence-corrected chi connectivity index (χ4v) is 2.37. The molecule has 0 aliphatic carbocycles. The molecule has 1 fully saturated rings. The van der Waals surface area contributed by atoms with Gasteiger partial charge >= 0.3 is 0 Å². The Balaban J connectivity index is 0.00000324. The lowest BCUT2D eigenvalue weighted by molar-refractivity contribution is -0.135. The third kappa shape index (κ3) is 5.67. The van der Waals surface area contributed by atoms with Crippen molar-refractivity contribution in [2.45, 2.75) is 46.1 Å². The fourth-order valence-electron chi connectivity index (χ4n) is 2.37. The number of amides is 1. The molecule has 1 rings (SSSR count). The number of nitrogens with zero attached hydrogens (tertiary/aromatic N) is 1. The molecule has 0 aromatic heterocycles. The lowest BCUT2D eigenvalue weighted by atomic mass is 9.91. The molecule has 19 heavy (non-hydrogen) atoms. The number of likely N-dealkylation sites (N-methyl/N-ethyl adjacent to an activating group) is 1. The van der Waals surface area contributed by atoms with Gasteiger partial charge in [0.15, 0.2) is 0 Å². The molecule has 5 heteroatoms. The molecular weight excluding hydrogens is 264 g/mol. The van der Waals surface area contributed by atoms with Crippen LogP contribution >= 0.6 is 12.4 Å². The molecule has 2 unspecified atom stereocenters. The monoisotopic (exact) mass is 292 g/mol. The maximum Gasteiger partial charge on any atom is 0.239 e. The molecular formula is C14H29ClN2O2. The first-order valence-corrected chi connectivity index (χ1v) is 7.22. The molecule has 0 spiro atoms. The number of carbonyl (C=O) groups is 1. The highest BCUT2D eigenvalue weighted by Crippen LogP contribution is 2.19. The van der Waals surface area contributed by atoms with E-state index < -0.39 is 0 Å². The molecule has 2 N–H and O–H groups in total. The zero-order chi connectivity index (χ0) is 13.5. The lowest BCUT2D eigenvalue weighted by Crippen LogP contribution is -2.50. The summed E-state index contributed by atoms with van der Waals surface area (Å²) >= 11 is 0. The summed E-state index contributed by atoms with van der Waals surface area (Å²) in [5, 5.41) is 0. The van der Waals surface area contributed by atoms with Crippen LogP contribution in [0.2, 0.25) is 0 Å². The van der Waals surface area contributed by atoms with Crippen LogP contribution in [-0.4, -0.2) is 43.2 Å². The van der Waals surface area contributed by atoms with E-state index in [0.717, 1.165) is 45.6 Å². The SMILES string of the molecule is CCC(C)CN(CC)C(=O)C(N)C1CCOCC1.Cl. The van der Waals surface area contributed by atoms with Gasteiger partial charge in [0, 0.05) is 26.3 Å². The largest absolute Gasteiger partial charge is 0.381 e. The molecule has 2 atom stereocenters. The predicted octanol–water partition coefficient (Wildman–Crippen LogP) is 2.06. The van der Waals surface area contributed by atoms with Gasteiger partial charge in [-0.3, -0.25) is 4.79 Å². The van der Waals surface area contributed by atoms with Crippen molar-refractivity contribution in [1.29, 1.82) is 0 Å². The maximum absolute atomic E-state index is 12.4. The molecule has 1 saturated heterocycles. The summed E-state index contributed by atoms with van der Waals surface area (Å²) in [6, 6.07) is -0.349. The van der Waals surface area contributed by atoms with Crippen LogP contribution in [0.25, 0.3) is 0 Å². The summed E-state index contributed by atoms with van der Waals surface area (Å²) in [7, 11) is 0. The number of rotatable bonds is 6. The second-order valence-electron chi connectivity index (χ2n) is 5.37. The van der Waals surface area contributed by atoms with Crippen molar-refractivity contribution in [2.24, 2.45) is 17.6 Å². The van der Waals surface area contributed by atoms with Crippen LogP contribution in [0.15, 0.2) is 0 Å². The Morgan fingerprint density at radius 1 is 1.37 bits per heavy atom. The third-order valence-corrected chi connectivity index (χ3v) is 3.98. The average molecular weight is 293 g/mol. The molecule has 114 valence electrons. The Bertz CT molecular complexity index is 254. The van der Waals surface area contributed by atoms with E-state index in [4.69, 9.17) is 10.5 Å². The Hall–Kier alpha value is -0.320. The van der Waals surface area contributed by atoms with Crippen molar-refractivity contribution in [3.05, 3.63) is 0 Å². The quantitative estimate of drug-likeness (QED) is 0.815. The Kier molecular flexibility index (Phi) is 9.40. The van der Waals surface area contributed by atoms with Gasteiger partial charge in [-0.1, -0.05) is 20.3 Å². The van der Waals surface area contributed by atoms with Gasteiger partial charge in [-0.2, -0.15) is 0 Å². The average Bonchev–Trinajstić information content (AvgIpc) is 2.43. The number of hydrogen-bond acceptors (Lipinski definition) is 3. The first-order valence-electron chi connectivity index (χ1n) is 7.22. The van der Waals surface area contributed by atoms with Crippen LogP contribution in [0.1, 0.15) is 40.0 Å². The zero-order valence-electron chi connectivity index (χ0n) is 12.4. The van der Waals surface area contributed by atoms with Crippen LogP contribution in [0.4, 0.5) is 0 Å². The van der Waals surface area contributed by atoms with Gasteiger partial charge in [0.1, 0.15) is 0 Å². The molecule has 0 radical (unpaired) electrons. The van der Waals surface area contributed by atoms with Gasteiger partial charge in [-0.25, -0.2) is 0 Å². The van der Waals surface area contributed by atoms with E-state index in [2.05, 4.69) is 13.8 Å². The number of nitrogens with two attached hydrogens (primary N) is 1. The number of carbonyl (C=O) groups excluding carboxylic acids is 1. The van der Waals surface area contributed by atoms with Gasteiger partial charge < -0.3 is 15.4 Å². The summed E-state index contributed by atoms with van der Waals surface area (Å²) in [6.45, 7) is 9.41. The van der Waals surface area contributed by atoms with E-state index in [0.29, 0.717) is 5.92 Å². The highest BCUT2D eigenvalue weighted by molar-refractivity contribution is 5.85. The second kappa shape index (κ2) is 9.56. The van der Waals surface area contributed by atoms with Crippen LogP contribution in [0.3, 0.4) is 0 Å². The van der Waals surface area contributed by atoms with Crippen LogP contribution in [-0.2, 0) is 9.53 Å². The van der Waals surface area contributed by atoms with Gasteiger partial charge in [0.2, 0.25) is 5.91 Å². The second-order valence-corrected chi connectivity index (χ2v) is 5.37. The smallest absolute Gasteiger partial charge is 0.239 e. The van der Waals surface area contributed by atoms with Crippen molar-refractivity contribution >= 4 is 18.3 Å². The van der Waals surface area contributed by atoms with Gasteiger partial charge in [0.05, 0.1) is 6.04 Å². The van der Waals surface area contributed by atoms with E-state index in [1.54, 1.807) is 0 Å². The van der Waals surface area contributed by atoms with E-state index >= 15 is 0 Å². The first kappa shape index (κ1) is 18.7. The predicted molar refractivity (Wildman–Crippen MR) is 80.5 cm³/mol. The van der Waals surface area contributed by atoms with Crippen LogP contribution in [0, 0.1) is 11.8 Å². The minimum Gasteiger partial charge on any atom is -0.381 e. The fraction of sp³-hybridized carbons (Fsp3) is 0.929. The summed E-state index contributed by atoms with van der Waals surface area (Å²) in [4.78, 5) is 14.3. The normalized spacial score (nSPS) is 19.4. The first-order chi connectivity index (χ1) is 8.60. The molecule has 1 heterocycles. The van der Waals surface area contributed by atoms with E-state index in [1.807, 2.05) is 11.8 Å². The van der Waals surface area contributed by atoms with Gasteiger partial charge in [-0.05, 0) is 31.6 Å². The highest BCUT2D eigenvalue weighted by Gasteiger charge is 2.29. The standard InChI is InChI=1S/C14H28N2O2.ClH/c1-4-11(3)10-16(5-2)14(17)13(15)12-6-8-18-9-7-12;/h11-13H,4-10,15H2,1-3H3;1H. The Morgan fingerprint density at radius 2 is 1.95 bits per heavy atom. The van der Waals surface area contributed by atoms with Crippen molar-refractivity contribution in [2.75, 3.05) is 26.3 Å². The summed E-state index contributed by atoms with van der Waals surface area (Å²) in [5.41, 5.74) is 6.14. The molecule has 1 aliphatic rings. The lowest BCUT2D eigenvalue weighted by Gasteiger charge is -2.32. The summed E-state index contributed by atoms with van der Waals surface area (Å²) in [5.74, 6) is 0.942. The molecule has 1 amide bonds. The van der Waals surface area contributed by atoms with E-state index in [9.17, 15) is 4.79 Å². The molecule has 0 aromatic carbocycles. The van der Waals surface area contributed by atoms with Gasteiger partial charge in [0.25, 0.3) is 0 Å². The van der Waals surface area contributed by atoms with Crippen molar-refractivity contribution < 1.29 is 9.53 Å². The van der Waals surface area contributed by atoms with Crippen molar-refractivity contribution in [1.82, 2.24) is 4.90 Å². The van der Waals surface area contributed by atoms with E-state index in [-0.39, 0.29) is 30.3 Å². The summed E-state index contributed by atoms with van der Waals surface area (Å²) < 4.78 is 5.32. The molecule has 0 saturated carbocycles. The van der Waals surface area contributed by atoms with Crippen molar-refractivity contribution in [3.8, 4) is 0 Å². The van der Waals surface area contributed by atoms with Crippen LogP contribution < -0.4 is 5.73 Å². The van der Waals surface area contributed by atoms with Gasteiger partial charge in [-0.15, -0.1) is 12.4 Å². The molecule has 1 aliphatic heterocycles. The number of hydrogen-bond donors (Lipinski definition) is 1. The minimum absolute atomic E-state index is 0. The molecule has 4 nitrogen and oxygen atoms in total.